The van der Waals surface area contributed by atoms with Crippen molar-refractivity contribution in [3.8, 4) is 28.4 Å². The fourth-order valence-corrected chi connectivity index (χ4v) is 2.68. The number of imidazole rings is 1. The molecule has 2 N–H and O–H groups in total. The molecule has 0 fully saturated rings. The van der Waals surface area contributed by atoms with E-state index in [9.17, 15) is 9.50 Å². The number of benzene rings is 2. The van der Waals surface area contributed by atoms with Gasteiger partial charge in [0.1, 0.15) is 17.4 Å². The van der Waals surface area contributed by atoms with Gasteiger partial charge in [-0.15, -0.1) is 0 Å². The van der Waals surface area contributed by atoms with Crippen molar-refractivity contribution in [3.63, 3.8) is 0 Å². The number of allylic oxidation sites excluding steroid dienone is 5. The molecule has 4 heteroatoms. The van der Waals surface area contributed by atoms with Crippen LogP contribution in [0.25, 0.3) is 28.2 Å². The highest BCUT2D eigenvalue weighted by Crippen LogP contribution is 2.31. The summed E-state index contributed by atoms with van der Waals surface area (Å²) in [5.74, 6) is 0.572. The molecule has 130 valence electrons. The predicted octanol–water partition coefficient (Wildman–Crippen LogP) is 5.73. The number of H-pyrrole nitrogens is 1. The molecular formula is C22H19FN2O. The van der Waals surface area contributed by atoms with Crippen molar-refractivity contribution in [1.82, 2.24) is 9.97 Å². The van der Waals surface area contributed by atoms with Crippen LogP contribution in [0.5, 0.6) is 5.75 Å². The number of hydrogen-bond acceptors (Lipinski definition) is 2. The summed E-state index contributed by atoms with van der Waals surface area (Å²) in [6.07, 6.45) is 7.46. The van der Waals surface area contributed by atoms with Gasteiger partial charge >= 0.3 is 0 Å². The third-order valence-corrected chi connectivity index (χ3v) is 3.89. The van der Waals surface area contributed by atoms with Crippen LogP contribution in [0.4, 0.5) is 4.39 Å². The number of nitrogens with zero attached hydrogens (tertiary/aromatic N) is 1. The van der Waals surface area contributed by atoms with Crippen molar-refractivity contribution >= 4 is 5.57 Å². The van der Waals surface area contributed by atoms with Gasteiger partial charge in [-0.2, -0.15) is 0 Å². The fourth-order valence-electron chi connectivity index (χ4n) is 2.68. The minimum absolute atomic E-state index is 0.195. The number of aromatic hydroxyl groups is 1. The van der Waals surface area contributed by atoms with Gasteiger partial charge in [0.25, 0.3) is 0 Å². The van der Waals surface area contributed by atoms with Crippen LogP contribution in [0.15, 0.2) is 79.4 Å². The van der Waals surface area contributed by atoms with E-state index >= 15 is 0 Å². The standard InChI is InChI=1S/C22H19FN2O/c1-3-5-15(6-4-2)20-21(16-7-11-18(23)12-8-16)25-22(24-20)17-9-13-19(26)14-10-17/h3-14,26H,1H2,2H3,(H,24,25)/b6-4-,15-5+. The molecule has 1 heterocycles. The first-order chi connectivity index (χ1) is 12.6. The molecular weight excluding hydrogens is 327 g/mol. The van der Waals surface area contributed by atoms with Gasteiger partial charge in [-0.05, 0) is 55.5 Å². The summed E-state index contributed by atoms with van der Waals surface area (Å²) in [6, 6.07) is 13.1. The Kier molecular flexibility index (Phi) is 5.13. The van der Waals surface area contributed by atoms with Crippen LogP contribution < -0.4 is 0 Å². The third-order valence-electron chi connectivity index (χ3n) is 3.89. The first kappa shape index (κ1) is 17.4. The van der Waals surface area contributed by atoms with Crippen molar-refractivity contribution in [1.29, 1.82) is 0 Å². The molecule has 0 amide bonds. The highest BCUT2D eigenvalue weighted by molar-refractivity contribution is 5.84. The van der Waals surface area contributed by atoms with Gasteiger partial charge in [0.05, 0.1) is 11.4 Å². The lowest BCUT2D eigenvalue weighted by molar-refractivity contribution is 0.475. The van der Waals surface area contributed by atoms with E-state index in [2.05, 4.69) is 11.6 Å². The van der Waals surface area contributed by atoms with E-state index in [1.165, 1.54) is 12.1 Å². The molecule has 0 aliphatic rings. The summed E-state index contributed by atoms with van der Waals surface area (Å²) in [5.41, 5.74) is 4.11. The Bertz CT molecular complexity index is 964. The highest BCUT2D eigenvalue weighted by Gasteiger charge is 2.15. The van der Waals surface area contributed by atoms with E-state index in [1.54, 1.807) is 42.5 Å². The Balaban J connectivity index is 2.19. The molecule has 0 radical (unpaired) electrons. The van der Waals surface area contributed by atoms with Gasteiger partial charge in [-0.1, -0.05) is 30.9 Å². The number of aromatic nitrogens is 2. The van der Waals surface area contributed by atoms with Gasteiger partial charge < -0.3 is 10.1 Å². The first-order valence-corrected chi connectivity index (χ1v) is 8.23. The topological polar surface area (TPSA) is 48.9 Å². The number of aromatic amines is 1. The van der Waals surface area contributed by atoms with Crippen molar-refractivity contribution in [3.05, 3.63) is 90.9 Å². The van der Waals surface area contributed by atoms with Crippen LogP contribution in [0.2, 0.25) is 0 Å². The summed E-state index contributed by atoms with van der Waals surface area (Å²) >= 11 is 0. The molecule has 0 spiro atoms. The largest absolute Gasteiger partial charge is 0.508 e. The van der Waals surface area contributed by atoms with Crippen LogP contribution >= 0.6 is 0 Å². The van der Waals surface area contributed by atoms with E-state index in [0.29, 0.717) is 5.82 Å². The van der Waals surface area contributed by atoms with Gasteiger partial charge in [-0.25, -0.2) is 9.37 Å². The second kappa shape index (κ2) is 7.66. The first-order valence-electron chi connectivity index (χ1n) is 8.23. The maximum Gasteiger partial charge on any atom is 0.138 e. The summed E-state index contributed by atoms with van der Waals surface area (Å²) < 4.78 is 13.3. The van der Waals surface area contributed by atoms with Crippen LogP contribution in [0.1, 0.15) is 12.6 Å². The Morgan fingerprint density at radius 1 is 1.08 bits per heavy atom. The maximum absolute atomic E-state index is 13.3. The van der Waals surface area contributed by atoms with Crippen LogP contribution in [-0.4, -0.2) is 15.1 Å². The second-order valence-electron chi connectivity index (χ2n) is 5.72. The molecule has 0 atom stereocenters. The molecule has 0 bridgehead atoms. The Morgan fingerprint density at radius 3 is 2.35 bits per heavy atom. The second-order valence-corrected chi connectivity index (χ2v) is 5.72. The number of halogens is 1. The number of rotatable bonds is 5. The van der Waals surface area contributed by atoms with Crippen LogP contribution in [0, 0.1) is 5.82 Å². The molecule has 26 heavy (non-hydrogen) atoms. The Labute approximate surface area is 151 Å². The average molecular weight is 346 g/mol. The average Bonchev–Trinajstić information content (AvgIpc) is 3.08. The summed E-state index contributed by atoms with van der Waals surface area (Å²) in [6.45, 7) is 5.70. The fraction of sp³-hybridized carbons (Fsp3) is 0.0455. The van der Waals surface area contributed by atoms with Crippen molar-refractivity contribution < 1.29 is 9.50 Å². The summed E-state index contributed by atoms with van der Waals surface area (Å²) in [5, 5.41) is 9.50. The highest BCUT2D eigenvalue weighted by atomic mass is 19.1. The summed E-state index contributed by atoms with van der Waals surface area (Å²) in [4.78, 5) is 8.07. The van der Waals surface area contributed by atoms with Gasteiger partial charge in [0.15, 0.2) is 0 Å². The minimum Gasteiger partial charge on any atom is -0.508 e. The lowest BCUT2D eigenvalue weighted by Gasteiger charge is -2.03. The molecule has 3 rings (SSSR count). The number of phenolic OH excluding ortho intramolecular Hbond substituents is 1. The molecule has 0 aliphatic carbocycles. The number of nitrogens with one attached hydrogen (secondary N) is 1. The summed E-state index contributed by atoms with van der Waals surface area (Å²) in [7, 11) is 0. The molecule has 1 aromatic heterocycles. The Hall–Kier alpha value is -3.40. The van der Waals surface area contributed by atoms with Crippen molar-refractivity contribution in [2.75, 3.05) is 0 Å². The van der Waals surface area contributed by atoms with Crippen molar-refractivity contribution in [2.24, 2.45) is 0 Å². The van der Waals surface area contributed by atoms with Gasteiger partial charge in [0.2, 0.25) is 0 Å². The minimum atomic E-state index is -0.288. The normalized spacial score (nSPS) is 11.8. The molecule has 0 unspecified atom stereocenters. The van der Waals surface area contributed by atoms with Crippen LogP contribution in [0.3, 0.4) is 0 Å². The van der Waals surface area contributed by atoms with Crippen LogP contribution in [-0.2, 0) is 0 Å². The lowest BCUT2D eigenvalue weighted by Crippen LogP contribution is -1.87. The van der Waals surface area contributed by atoms with E-state index in [0.717, 1.165) is 28.1 Å². The third kappa shape index (κ3) is 3.64. The lowest BCUT2D eigenvalue weighted by atomic mass is 10.0. The number of hydrogen-bond donors (Lipinski definition) is 2. The van der Waals surface area contributed by atoms with E-state index in [4.69, 9.17) is 4.98 Å². The SMILES string of the molecule is C=C/C=C(\C=C/C)c1nc(-c2ccc(O)cc2)[nH]c1-c1ccc(F)cc1. The maximum atomic E-state index is 13.3. The monoisotopic (exact) mass is 346 g/mol. The van der Waals surface area contributed by atoms with E-state index in [-0.39, 0.29) is 11.6 Å². The predicted molar refractivity (Wildman–Crippen MR) is 104 cm³/mol. The zero-order chi connectivity index (χ0) is 18.5. The quantitative estimate of drug-likeness (QED) is 0.579. The van der Waals surface area contributed by atoms with Gasteiger partial charge in [-0.3, -0.25) is 0 Å². The molecule has 0 saturated heterocycles. The molecule has 0 aliphatic heterocycles. The van der Waals surface area contributed by atoms with E-state index < -0.39 is 0 Å². The number of phenols is 1. The van der Waals surface area contributed by atoms with Crippen molar-refractivity contribution in [2.45, 2.75) is 6.92 Å². The van der Waals surface area contributed by atoms with Gasteiger partial charge in [0, 0.05) is 16.7 Å². The Morgan fingerprint density at radius 2 is 1.73 bits per heavy atom. The zero-order valence-corrected chi connectivity index (χ0v) is 14.4. The molecule has 3 nitrogen and oxygen atoms in total. The zero-order valence-electron chi connectivity index (χ0n) is 14.4. The smallest absolute Gasteiger partial charge is 0.138 e. The molecule has 2 aromatic carbocycles. The molecule has 0 saturated carbocycles. The molecule has 3 aromatic rings. The van der Waals surface area contributed by atoms with E-state index in [1.807, 2.05) is 25.2 Å².